The summed E-state index contributed by atoms with van der Waals surface area (Å²) in [7, 11) is 0. The smallest absolute Gasteiger partial charge is 0.374 e. The molecule has 0 saturated carbocycles. The van der Waals surface area contributed by atoms with Gasteiger partial charge in [0.05, 0.1) is 11.3 Å². The highest BCUT2D eigenvalue weighted by Gasteiger charge is 2.52. The first-order chi connectivity index (χ1) is 12.2. The Kier molecular flexibility index (Phi) is 3.49. The number of amidine groups is 1. The minimum absolute atomic E-state index is 0.0110. The summed E-state index contributed by atoms with van der Waals surface area (Å²) in [6.45, 7) is 1.68. The van der Waals surface area contributed by atoms with Gasteiger partial charge in [-0.1, -0.05) is 18.2 Å². The van der Waals surface area contributed by atoms with Crippen molar-refractivity contribution in [3.8, 4) is 0 Å². The molecular formula is C19H15F3N2O2. The molecule has 0 amide bonds. The third kappa shape index (κ3) is 2.34. The van der Waals surface area contributed by atoms with Gasteiger partial charge in [-0.15, -0.1) is 0 Å². The summed E-state index contributed by atoms with van der Waals surface area (Å²) in [5.74, 6) is -0.568. The zero-order valence-electron chi connectivity index (χ0n) is 13.8. The molecule has 1 saturated heterocycles. The van der Waals surface area contributed by atoms with E-state index in [1.807, 2.05) is 30.3 Å². The molecule has 1 N–H and O–H groups in total. The second kappa shape index (κ2) is 5.41. The summed E-state index contributed by atoms with van der Waals surface area (Å²) in [5.41, 5.74) is -2.07. The molecule has 7 heteroatoms. The van der Waals surface area contributed by atoms with Gasteiger partial charge in [0.25, 0.3) is 0 Å². The van der Waals surface area contributed by atoms with Gasteiger partial charge in [-0.05, 0) is 36.8 Å². The molecule has 0 aromatic heterocycles. The third-order valence-electron chi connectivity index (χ3n) is 4.89. The first-order valence-corrected chi connectivity index (χ1v) is 8.12. The number of fused-ring (bicyclic) bond motifs is 2. The maximum absolute atomic E-state index is 13.2. The number of anilines is 1. The van der Waals surface area contributed by atoms with E-state index in [4.69, 9.17) is 0 Å². The highest BCUT2D eigenvalue weighted by molar-refractivity contribution is 6.28. The Labute approximate surface area is 147 Å². The lowest BCUT2D eigenvalue weighted by atomic mass is 9.86. The summed E-state index contributed by atoms with van der Waals surface area (Å²) >= 11 is 0. The van der Waals surface area contributed by atoms with E-state index >= 15 is 0 Å². The number of para-hydroxylation sites is 1. The highest BCUT2D eigenvalue weighted by atomic mass is 19.4. The van der Waals surface area contributed by atoms with E-state index in [0.29, 0.717) is 6.54 Å². The van der Waals surface area contributed by atoms with Crippen LogP contribution < -0.4 is 4.90 Å². The second-order valence-electron chi connectivity index (χ2n) is 6.54. The first kappa shape index (κ1) is 16.8. The van der Waals surface area contributed by atoms with Crippen molar-refractivity contribution in [2.75, 3.05) is 11.4 Å². The Morgan fingerprint density at radius 2 is 1.88 bits per heavy atom. The van der Waals surface area contributed by atoms with Crippen molar-refractivity contribution in [2.45, 2.75) is 25.1 Å². The number of carbonyl (C=O) groups excluding carboxylic acids is 1. The molecule has 0 bridgehead atoms. The normalized spacial score (nSPS) is 22.1. The quantitative estimate of drug-likeness (QED) is 0.840. The van der Waals surface area contributed by atoms with Crippen molar-refractivity contribution in [3.05, 3.63) is 59.2 Å². The van der Waals surface area contributed by atoms with E-state index in [-0.39, 0.29) is 29.1 Å². The number of aryl methyl sites for hydroxylation is 1. The molecule has 4 nitrogen and oxygen atoms in total. The van der Waals surface area contributed by atoms with Gasteiger partial charge in [0.2, 0.25) is 5.78 Å². The fourth-order valence-corrected chi connectivity index (χ4v) is 3.55. The zero-order valence-corrected chi connectivity index (χ0v) is 13.8. The van der Waals surface area contributed by atoms with E-state index in [0.717, 1.165) is 11.8 Å². The van der Waals surface area contributed by atoms with E-state index in [2.05, 4.69) is 4.99 Å². The lowest BCUT2D eigenvalue weighted by Crippen LogP contribution is -2.48. The first-order valence-electron chi connectivity index (χ1n) is 8.12. The number of hydrogen-bond acceptors (Lipinski definition) is 4. The minimum Gasteiger partial charge on any atom is -0.374 e. The molecule has 2 aliphatic heterocycles. The SMILES string of the molecule is Cc1cc2c(cc1C(F)(F)F)C(=O)[C@]1(O)CCN(c3ccccc3)C1=N2. The van der Waals surface area contributed by atoms with Crippen molar-refractivity contribution in [3.63, 3.8) is 0 Å². The van der Waals surface area contributed by atoms with Crippen LogP contribution in [0.3, 0.4) is 0 Å². The molecule has 2 aromatic rings. The minimum atomic E-state index is -4.57. The van der Waals surface area contributed by atoms with Crippen LogP contribution >= 0.6 is 0 Å². The van der Waals surface area contributed by atoms with E-state index in [1.54, 1.807) is 4.90 Å². The number of benzene rings is 2. The van der Waals surface area contributed by atoms with Crippen LogP contribution in [0.15, 0.2) is 47.5 Å². The van der Waals surface area contributed by atoms with Gasteiger partial charge in [0.15, 0.2) is 5.60 Å². The average molecular weight is 360 g/mol. The predicted octanol–water partition coefficient (Wildman–Crippen LogP) is 3.88. The Balaban J connectivity index is 1.88. The van der Waals surface area contributed by atoms with E-state index in [1.165, 1.54) is 13.0 Å². The van der Waals surface area contributed by atoms with Gasteiger partial charge >= 0.3 is 6.18 Å². The van der Waals surface area contributed by atoms with Crippen molar-refractivity contribution in [2.24, 2.45) is 4.99 Å². The largest absolute Gasteiger partial charge is 0.416 e. The lowest BCUT2D eigenvalue weighted by molar-refractivity contribution is -0.138. The Hall–Kier alpha value is -2.67. The number of alkyl halides is 3. The van der Waals surface area contributed by atoms with Gasteiger partial charge < -0.3 is 10.0 Å². The number of nitrogens with zero attached hydrogens (tertiary/aromatic N) is 2. The molecule has 2 heterocycles. The summed E-state index contributed by atoms with van der Waals surface area (Å²) < 4.78 is 39.5. The van der Waals surface area contributed by atoms with Crippen molar-refractivity contribution in [1.29, 1.82) is 0 Å². The Morgan fingerprint density at radius 1 is 1.19 bits per heavy atom. The second-order valence-corrected chi connectivity index (χ2v) is 6.54. The molecular weight excluding hydrogens is 345 g/mol. The van der Waals surface area contributed by atoms with Crippen LogP contribution in [0.25, 0.3) is 0 Å². The lowest BCUT2D eigenvalue weighted by Gasteiger charge is -2.30. The number of halogens is 3. The van der Waals surface area contributed by atoms with Gasteiger partial charge in [-0.2, -0.15) is 13.2 Å². The van der Waals surface area contributed by atoms with Crippen LogP contribution in [-0.2, 0) is 6.18 Å². The fourth-order valence-electron chi connectivity index (χ4n) is 3.55. The van der Waals surface area contributed by atoms with E-state index in [9.17, 15) is 23.1 Å². The van der Waals surface area contributed by atoms with Crippen LogP contribution in [0, 0.1) is 6.92 Å². The van der Waals surface area contributed by atoms with Crippen LogP contribution in [0.4, 0.5) is 24.5 Å². The molecule has 0 aliphatic carbocycles. The van der Waals surface area contributed by atoms with Gasteiger partial charge in [0.1, 0.15) is 5.84 Å². The zero-order chi connectivity index (χ0) is 18.7. The number of carbonyl (C=O) groups is 1. The Morgan fingerprint density at radius 3 is 2.54 bits per heavy atom. The average Bonchev–Trinajstić information content (AvgIpc) is 2.92. The molecule has 0 radical (unpaired) electrons. The number of Topliss-reactive ketones (excluding diaryl/α,β-unsaturated/α-hetero) is 1. The monoisotopic (exact) mass is 360 g/mol. The van der Waals surface area contributed by atoms with Crippen molar-refractivity contribution in [1.82, 2.24) is 0 Å². The van der Waals surface area contributed by atoms with Gasteiger partial charge in [0, 0.05) is 24.2 Å². The van der Waals surface area contributed by atoms with Crippen molar-refractivity contribution >= 4 is 23.0 Å². The summed E-state index contributed by atoms with van der Waals surface area (Å²) in [6, 6.07) is 11.2. The van der Waals surface area contributed by atoms with Crippen molar-refractivity contribution < 1.29 is 23.1 Å². The van der Waals surface area contributed by atoms with Crippen LogP contribution in [0.1, 0.15) is 27.9 Å². The molecule has 26 heavy (non-hydrogen) atoms. The van der Waals surface area contributed by atoms with Crippen LogP contribution in [-0.4, -0.2) is 28.9 Å². The maximum atomic E-state index is 13.2. The number of rotatable bonds is 1. The summed E-state index contributed by atoms with van der Waals surface area (Å²) in [4.78, 5) is 19.0. The number of ketones is 1. The van der Waals surface area contributed by atoms with Crippen LogP contribution in [0.2, 0.25) is 0 Å². The number of aliphatic hydroxyl groups is 1. The Bertz CT molecular complexity index is 938. The van der Waals surface area contributed by atoms with E-state index < -0.39 is 23.1 Å². The molecule has 4 rings (SSSR count). The summed E-state index contributed by atoms with van der Waals surface area (Å²) in [6.07, 6.45) is -4.49. The molecule has 134 valence electrons. The number of aliphatic imine (C=N–C) groups is 1. The highest BCUT2D eigenvalue weighted by Crippen LogP contribution is 2.42. The maximum Gasteiger partial charge on any atom is 0.416 e. The summed E-state index contributed by atoms with van der Waals surface area (Å²) in [5, 5.41) is 10.9. The topological polar surface area (TPSA) is 52.9 Å². The predicted molar refractivity (Wildman–Crippen MR) is 91.0 cm³/mol. The molecule has 2 aliphatic rings. The molecule has 0 unspecified atom stereocenters. The fraction of sp³-hybridized carbons (Fsp3) is 0.263. The van der Waals surface area contributed by atoms with Gasteiger partial charge in [-0.25, -0.2) is 4.99 Å². The van der Waals surface area contributed by atoms with Crippen LogP contribution in [0.5, 0.6) is 0 Å². The standard InChI is InChI=1S/C19H15F3N2O2/c1-11-9-15-13(10-14(11)19(20,21)22)16(25)18(26)7-8-24(17(18)23-15)12-5-3-2-4-6-12/h2-6,9-10,26H,7-8H2,1H3/t18-/m1/s1. The van der Waals surface area contributed by atoms with Gasteiger partial charge in [-0.3, -0.25) is 4.79 Å². The molecule has 2 aromatic carbocycles. The molecule has 0 spiro atoms. The molecule has 1 fully saturated rings. The molecule has 1 atom stereocenters. The third-order valence-corrected chi connectivity index (χ3v) is 4.89. The number of hydrogen-bond donors (Lipinski definition) is 1.